The predicted octanol–water partition coefficient (Wildman–Crippen LogP) is 4.52. The van der Waals surface area contributed by atoms with E-state index < -0.39 is 6.10 Å². The number of hydrogen-bond donors (Lipinski definition) is 5. The molecule has 0 amide bonds. The Hall–Kier alpha value is -2.46. The molecular weight excluding hydrogens is 536 g/mol. The molecule has 200 valence electrons. The molecule has 0 spiro atoms. The molecule has 6 nitrogen and oxygen atoms in total. The largest absolute Gasteiger partial charge is 0.506 e. The molecule has 3 aromatic carbocycles. The van der Waals surface area contributed by atoms with Gasteiger partial charge in [0, 0.05) is 12.1 Å². The Bertz CT molecular complexity index is 1330. The number of aliphatic hydroxyl groups excluding tert-OH is 1. The van der Waals surface area contributed by atoms with Gasteiger partial charge in [-0.1, -0.05) is 59.9 Å². The second-order valence-electron chi connectivity index (χ2n) is 8.52. The zero-order valence-corrected chi connectivity index (χ0v) is 22.7. The molecular formula is C27H32Cl2FN3O3S. The first-order valence-corrected chi connectivity index (χ1v) is 12.6. The lowest BCUT2D eigenvalue weighted by Gasteiger charge is -2.13. The third-order valence-electron chi connectivity index (χ3n) is 5.99. The van der Waals surface area contributed by atoms with Crippen LogP contribution in [0.15, 0.2) is 65.5 Å². The molecule has 0 saturated carbocycles. The third kappa shape index (κ3) is 8.53. The van der Waals surface area contributed by atoms with E-state index in [0.717, 1.165) is 42.8 Å². The molecule has 0 saturated heterocycles. The number of benzene rings is 3. The number of H-pyrrole nitrogens is 1. The zero-order chi connectivity index (χ0) is 24.6. The van der Waals surface area contributed by atoms with Crippen molar-refractivity contribution in [3.63, 3.8) is 0 Å². The highest BCUT2D eigenvalue weighted by molar-refractivity contribution is 7.16. The van der Waals surface area contributed by atoms with Gasteiger partial charge in [0.15, 0.2) is 0 Å². The van der Waals surface area contributed by atoms with Crippen LogP contribution in [-0.2, 0) is 19.3 Å². The van der Waals surface area contributed by atoms with Crippen molar-refractivity contribution in [2.75, 3.05) is 26.2 Å². The first-order valence-electron chi connectivity index (χ1n) is 11.8. The number of phenols is 1. The molecule has 4 rings (SSSR count). The van der Waals surface area contributed by atoms with Gasteiger partial charge in [-0.3, -0.25) is 4.79 Å². The number of aromatic hydroxyl groups is 1. The number of aliphatic hydroxyl groups is 1. The van der Waals surface area contributed by atoms with Crippen LogP contribution in [0.4, 0.5) is 4.39 Å². The highest BCUT2D eigenvalue weighted by Gasteiger charge is 2.15. The van der Waals surface area contributed by atoms with Gasteiger partial charge in [-0.2, -0.15) is 0 Å². The maximum absolute atomic E-state index is 13.7. The van der Waals surface area contributed by atoms with Crippen molar-refractivity contribution < 1.29 is 14.6 Å². The van der Waals surface area contributed by atoms with Crippen molar-refractivity contribution in [1.29, 1.82) is 0 Å². The van der Waals surface area contributed by atoms with Gasteiger partial charge in [0.2, 0.25) is 0 Å². The van der Waals surface area contributed by atoms with Gasteiger partial charge in [-0.05, 0) is 67.7 Å². The van der Waals surface area contributed by atoms with Crippen LogP contribution in [0.2, 0.25) is 0 Å². The van der Waals surface area contributed by atoms with Crippen molar-refractivity contribution in [3.05, 3.63) is 98.4 Å². The van der Waals surface area contributed by atoms with Gasteiger partial charge in [-0.15, -0.1) is 24.8 Å². The average Bonchev–Trinajstić information content (AvgIpc) is 3.25. The summed E-state index contributed by atoms with van der Waals surface area (Å²) in [6.07, 6.45) is 1.60. The minimum absolute atomic E-state index is 0. The van der Waals surface area contributed by atoms with Crippen molar-refractivity contribution in [1.82, 2.24) is 15.6 Å². The number of nitrogens with one attached hydrogen (secondary N) is 3. The second kappa shape index (κ2) is 15.1. The number of aromatic amines is 1. The minimum atomic E-state index is -0.786. The fraction of sp³-hybridized carbons (Fsp3) is 0.296. The van der Waals surface area contributed by atoms with E-state index in [1.165, 1.54) is 23.3 Å². The van der Waals surface area contributed by atoms with Gasteiger partial charge >= 0.3 is 4.87 Å². The maximum Gasteiger partial charge on any atom is 0.305 e. The maximum atomic E-state index is 13.7. The lowest BCUT2D eigenvalue weighted by molar-refractivity contribution is 0.176. The number of halogens is 3. The van der Waals surface area contributed by atoms with Crippen LogP contribution in [0.3, 0.4) is 0 Å². The first-order chi connectivity index (χ1) is 17.0. The summed E-state index contributed by atoms with van der Waals surface area (Å²) in [5, 5.41) is 27.2. The molecule has 0 aliphatic rings. The summed E-state index contributed by atoms with van der Waals surface area (Å²) in [4.78, 5) is 14.0. The van der Waals surface area contributed by atoms with E-state index in [4.69, 9.17) is 0 Å². The molecule has 0 aliphatic heterocycles. The standard InChI is InChI=1S/C27H30FN3O3S.2ClH/c28-22-7-2-1-6-20(22)12-15-29-13-10-18-4-3-5-19(16-18)11-14-30-17-24(33)21-8-9-23(32)25-26(21)35-27(34)31-25;;/h1-9,16,24,29-30,32-33H,10-15,17H2,(H,31,34);2*1H/t24-;;/m0../s1. The molecule has 4 aromatic rings. The highest BCUT2D eigenvalue weighted by Crippen LogP contribution is 2.31. The van der Waals surface area contributed by atoms with Crippen LogP contribution < -0.4 is 15.5 Å². The number of rotatable bonds is 12. The number of phenolic OH excluding ortho intramolecular Hbond substituents is 1. The molecule has 10 heteroatoms. The van der Waals surface area contributed by atoms with Gasteiger partial charge in [0.05, 0.1) is 10.8 Å². The fourth-order valence-electron chi connectivity index (χ4n) is 4.11. The first kappa shape index (κ1) is 30.8. The molecule has 5 N–H and O–H groups in total. The van der Waals surface area contributed by atoms with E-state index >= 15 is 0 Å². The Labute approximate surface area is 231 Å². The molecule has 0 radical (unpaired) electrons. The number of hydrogen-bond acceptors (Lipinski definition) is 6. The molecule has 0 bridgehead atoms. The average molecular weight is 569 g/mol. The summed E-state index contributed by atoms with van der Waals surface area (Å²) in [5.41, 5.74) is 4.19. The van der Waals surface area contributed by atoms with Crippen molar-refractivity contribution >= 4 is 46.4 Å². The normalized spacial score (nSPS) is 11.6. The lowest BCUT2D eigenvalue weighted by atomic mass is 10.1. The quantitative estimate of drug-likeness (QED) is 0.162. The third-order valence-corrected chi connectivity index (χ3v) is 6.92. The highest BCUT2D eigenvalue weighted by atomic mass is 35.5. The van der Waals surface area contributed by atoms with Crippen LogP contribution >= 0.6 is 36.2 Å². The molecule has 1 heterocycles. The number of fused-ring (bicyclic) bond motifs is 1. The molecule has 1 aromatic heterocycles. The summed E-state index contributed by atoms with van der Waals surface area (Å²) in [6, 6.07) is 18.5. The van der Waals surface area contributed by atoms with E-state index in [2.05, 4.69) is 39.9 Å². The molecule has 0 unspecified atom stereocenters. The summed E-state index contributed by atoms with van der Waals surface area (Å²) < 4.78 is 14.3. The Balaban J connectivity index is 0.00000241. The topological polar surface area (TPSA) is 97.4 Å². The van der Waals surface area contributed by atoms with Gasteiger partial charge < -0.3 is 25.8 Å². The summed E-state index contributed by atoms with van der Waals surface area (Å²) in [5.74, 6) is -0.150. The molecule has 0 aliphatic carbocycles. The summed E-state index contributed by atoms with van der Waals surface area (Å²) in [7, 11) is 0. The van der Waals surface area contributed by atoms with Crippen LogP contribution in [0, 0.1) is 5.82 Å². The minimum Gasteiger partial charge on any atom is -0.506 e. The van der Waals surface area contributed by atoms with Crippen LogP contribution in [0.1, 0.15) is 28.4 Å². The van der Waals surface area contributed by atoms with E-state index in [0.29, 0.717) is 35.3 Å². The Kier molecular flexibility index (Phi) is 12.5. The second-order valence-corrected chi connectivity index (χ2v) is 9.51. The predicted molar refractivity (Wildman–Crippen MR) is 153 cm³/mol. The van der Waals surface area contributed by atoms with Crippen molar-refractivity contribution in [3.8, 4) is 5.75 Å². The number of aromatic nitrogens is 1. The zero-order valence-electron chi connectivity index (χ0n) is 20.2. The smallest absolute Gasteiger partial charge is 0.305 e. The SMILES string of the molecule is Cl.Cl.O=c1[nH]c2c(O)ccc([C@@H](O)CNCCc3cccc(CCNCCc4ccccc4F)c3)c2s1. The Morgan fingerprint density at radius 2 is 1.57 bits per heavy atom. The molecule has 37 heavy (non-hydrogen) atoms. The lowest BCUT2D eigenvalue weighted by Crippen LogP contribution is -2.24. The van der Waals surface area contributed by atoms with Crippen molar-refractivity contribution in [2.24, 2.45) is 0 Å². The summed E-state index contributed by atoms with van der Waals surface area (Å²) >= 11 is 0.987. The van der Waals surface area contributed by atoms with Gasteiger partial charge in [0.25, 0.3) is 0 Å². The molecule has 1 atom stereocenters. The van der Waals surface area contributed by atoms with E-state index in [-0.39, 0.29) is 41.3 Å². The van der Waals surface area contributed by atoms with Crippen LogP contribution in [0.5, 0.6) is 5.75 Å². The Morgan fingerprint density at radius 3 is 2.30 bits per heavy atom. The van der Waals surface area contributed by atoms with Crippen molar-refractivity contribution in [2.45, 2.75) is 25.4 Å². The molecule has 0 fully saturated rings. The summed E-state index contributed by atoms with van der Waals surface area (Å²) in [6.45, 7) is 2.61. The van der Waals surface area contributed by atoms with E-state index in [1.807, 2.05) is 12.1 Å². The van der Waals surface area contributed by atoms with Crippen LogP contribution in [-0.4, -0.2) is 41.4 Å². The van der Waals surface area contributed by atoms with E-state index in [9.17, 15) is 19.4 Å². The fourth-order valence-corrected chi connectivity index (χ4v) is 5.02. The van der Waals surface area contributed by atoms with Crippen LogP contribution in [0.25, 0.3) is 10.2 Å². The van der Waals surface area contributed by atoms with Gasteiger partial charge in [0.1, 0.15) is 17.1 Å². The Morgan fingerprint density at radius 1 is 0.892 bits per heavy atom. The van der Waals surface area contributed by atoms with E-state index in [1.54, 1.807) is 12.1 Å². The number of thiazole rings is 1. The monoisotopic (exact) mass is 567 g/mol. The van der Waals surface area contributed by atoms with Gasteiger partial charge in [-0.25, -0.2) is 4.39 Å².